The Bertz CT molecular complexity index is 1280. The van der Waals surface area contributed by atoms with Crippen molar-refractivity contribution in [3.63, 3.8) is 0 Å². The minimum Gasteiger partial charge on any atom is -0.374 e. The maximum atomic E-state index is 14.6. The molecule has 0 bridgehead atoms. The van der Waals surface area contributed by atoms with Crippen LogP contribution in [0.1, 0.15) is 34.3 Å². The van der Waals surface area contributed by atoms with Crippen LogP contribution in [-0.4, -0.2) is 72.4 Å². The van der Waals surface area contributed by atoms with E-state index in [-0.39, 0.29) is 23.7 Å². The van der Waals surface area contributed by atoms with Crippen molar-refractivity contribution in [1.29, 1.82) is 5.26 Å². The Balaban J connectivity index is 1.28. The van der Waals surface area contributed by atoms with Gasteiger partial charge in [-0.25, -0.2) is 13.6 Å². The first kappa shape index (κ1) is 29.2. The van der Waals surface area contributed by atoms with Gasteiger partial charge >= 0.3 is 12.2 Å². The molecule has 0 spiro atoms. The molecule has 1 saturated carbocycles. The lowest BCUT2D eigenvalue weighted by atomic mass is 9.93. The standard InChI is InChI=1S/C27H28F5N5O3/c28-15-26(40,27(30,31)32)20-4-1-18(2-5-20)14-36-9-11-37(12-10-36)23(38)19-3-6-22(21(29)13-19)35-24(39)34-17-25(16-33)7-8-25/h1-6,13,40H,7-12,14-15,17H2,(H2,34,35,39). The summed E-state index contributed by atoms with van der Waals surface area (Å²) >= 11 is 0. The number of urea groups is 1. The molecule has 1 aliphatic carbocycles. The zero-order valence-electron chi connectivity index (χ0n) is 21.4. The number of aliphatic hydroxyl groups is 1. The number of benzene rings is 2. The van der Waals surface area contributed by atoms with E-state index >= 15 is 0 Å². The number of hydrogen-bond acceptors (Lipinski definition) is 5. The van der Waals surface area contributed by atoms with Crippen LogP contribution in [-0.2, 0) is 12.1 Å². The lowest BCUT2D eigenvalue weighted by Gasteiger charge is -2.35. The summed E-state index contributed by atoms with van der Waals surface area (Å²) in [7, 11) is 0. The molecule has 13 heteroatoms. The molecule has 3 amide bonds. The van der Waals surface area contributed by atoms with Crippen LogP contribution in [0.3, 0.4) is 0 Å². The van der Waals surface area contributed by atoms with Gasteiger partial charge in [-0.3, -0.25) is 9.69 Å². The third kappa shape index (κ3) is 6.34. The molecular weight excluding hydrogens is 537 g/mol. The summed E-state index contributed by atoms with van der Waals surface area (Å²) in [6, 6.07) is 10.1. The molecule has 3 N–H and O–H groups in total. The number of rotatable bonds is 8. The van der Waals surface area contributed by atoms with Crippen LogP contribution in [0.5, 0.6) is 0 Å². The Morgan fingerprint density at radius 2 is 1.70 bits per heavy atom. The number of halogens is 5. The van der Waals surface area contributed by atoms with E-state index in [9.17, 15) is 36.6 Å². The first-order valence-corrected chi connectivity index (χ1v) is 12.6. The largest absolute Gasteiger partial charge is 0.424 e. The van der Waals surface area contributed by atoms with Crippen molar-refractivity contribution in [1.82, 2.24) is 15.1 Å². The summed E-state index contributed by atoms with van der Waals surface area (Å²) < 4.78 is 66.9. The Morgan fingerprint density at radius 1 is 1.05 bits per heavy atom. The zero-order chi connectivity index (χ0) is 29.1. The summed E-state index contributed by atoms with van der Waals surface area (Å²) in [5.74, 6) is -1.17. The predicted molar refractivity (Wildman–Crippen MR) is 134 cm³/mol. The minimum atomic E-state index is -5.15. The highest BCUT2D eigenvalue weighted by molar-refractivity contribution is 5.95. The first-order valence-electron chi connectivity index (χ1n) is 12.6. The van der Waals surface area contributed by atoms with Crippen molar-refractivity contribution >= 4 is 17.6 Å². The second-order valence-corrected chi connectivity index (χ2v) is 10.2. The van der Waals surface area contributed by atoms with E-state index in [0.717, 1.165) is 18.2 Å². The highest BCUT2D eigenvalue weighted by atomic mass is 19.4. The van der Waals surface area contributed by atoms with Crippen LogP contribution in [0.15, 0.2) is 42.5 Å². The van der Waals surface area contributed by atoms with E-state index in [1.165, 1.54) is 24.3 Å². The van der Waals surface area contributed by atoms with Crippen molar-refractivity contribution in [2.45, 2.75) is 31.2 Å². The fourth-order valence-corrected chi connectivity index (χ4v) is 4.40. The smallest absolute Gasteiger partial charge is 0.374 e. The molecule has 2 aromatic carbocycles. The van der Waals surface area contributed by atoms with Gasteiger partial charge < -0.3 is 20.6 Å². The molecular formula is C27H28F5N5O3. The summed E-state index contributed by atoms with van der Waals surface area (Å²) in [5, 5.41) is 23.7. The van der Waals surface area contributed by atoms with Crippen molar-refractivity contribution in [3.05, 3.63) is 65.0 Å². The number of carbonyl (C=O) groups is 2. The van der Waals surface area contributed by atoms with E-state index in [2.05, 4.69) is 16.7 Å². The number of nitrogens with one attached hydrogen (secondary N) is 2. The molecule has 4 rings (SSSR count). The molecule has 40 heavy (non-hydrogen) atoms. The number of alkyl halides is 4. The molecule has 214 valence electrons. The Hall–Kier alpha value is -3.76. The van der Waals surface area contributed by atoms with Crippen LogP contribution in [0.2, 0.25) is 0 Å². The monoisotopic (exact) mass is 565 g/mol. The number of amides is 3. The topological polar surface area (TPSA) is 109 Å². The molecule has 2 aromatic rings. The number of carbonyl (C=O) groups excluding carboxylic acids is 2. The van der Waals surface area contributed by atoms with E-state index in [1.807, 2.05) is 4.90 Å². The lowest BCUT2D eigenvalue weighted by molar-refractivity contribution is -0.271. The minimum absolute atomic E-state index is 0.105. The number of nitriles is 1. The molecule has 1 saturated heterocycles. The molecule has 2 aliphatic rings. The van der Waals surface area contributed by atoms with Gasteiger partial charge in [-0.05, 0) is 42.2 Å². The van der Waals surface area contributed by atoms with Crippen LogP contribution in [0, 0.1) is 22.6 Å². The van der Waals surface area contributed by atoms with Crippen molar-refractivity contribution < 1.29 is 36.6 Å². The third-order valence-electron chi connectivity index (χ3n) is 7.30. The van der Waals surface area contributed by atoms with E-state index in [1.54, 1.807) is 4.90 Å². The van der Waals surface area contributed by atoms with Gasteiger partial charge in [-0.15, -0.1) is 0 Å². The van der Waals surface area contributed by atoms with E-state index in [0.29, 0.717) is 51.1 Å². The van der Waals surface area contributed by atoms with Crippen LogP contribution < -0.4 is 10.6 Å². The summed E-state index contributed by atoms with van der Waals surface area (Å²) in [4.78, 5) is 28.5. The van der Waals surface area contributed by atoms with E-state index < -0.39 is 41.3 Å². The number of hydrogen-bond donors (Lipinski definition) is 3. The van der Waals surface area contributed by atoms with Crippen molar-refractivity contribution in [2.24, 2.45) is 5.41 Å². The normalized spacial score (nSPS) is 18.4. The Labute approximate surface area is 227 Å². The number of piperazine rings is 1. The molecule has 1 atom stereocenters. The first-order chi connectivity index (χ1) is 18.9. The molecule has 0 radical (unpaired) electrons. The summed E-state index contributed by atoms with van der Waals surface area (Å²) in [6.07, 6.45) is -3.75. The van der Waals surface area contributed by atoms with Crippen LogP contribution >= 0.6 is 0 Å². The average molecular weight is 566 g/mol. The van der Waals surface area contributed by atoms with E-state index in [4.69, 9.17) is 5.26 Å². The summed E-state index contributed by atoms with van der Waals surface area (Å²) in [6.45, 7) is 0.122. The number of nitrogens with zero attached hydrogens (tertiary/aromatic N) is 3. The maximum Gasteiger partial charge on any atom is 0.424 e. The van der Waals surface area contributed by atoms with Crippen LogP contribution in [0.4, 0.5) is 32.4 Å². The fraction of sp³-hybridized carbons (Fsp3) is 0.444. The Morgan fingerprint density at radius 3 is 2.23 bits per heavy atom. The van der Waals surface area contributed by atoms with Gasteiger partial charge in [-0.1, -0.05) is 24.3 Å². The van der Waals surface area contributed by atoms with Gasteiger partial charge in [0.05, 0.1) is 17.2 Å². The fourth-order valence-electron chi connectivity index (χ4n) is 4.40. The zero-order valence-corrected chi connectivity index (χ0v) is 21.4. The molecule has 1 heterocycles. The molecule has 1 unspecified atom stereocenters. The van der Waals surface area contributed by atoms with Gasteiger partial charge in [0.15, 0.2) is 0 Å². The molecule has 0 aromatic heterocycles. The van der Waals surface area contributed by atoms with Gasteiger partial charge in [0.25, 0.3) is 5.91 Å². The second-order valence-electron chi connectivity index (χ2n) is 10.2. The molecule has 8 nitrogen and oxygen atoms in total. The lowest BCUT2D eigenvalue weighted by Crippen LogP contribution is -2.48. The van der Waals surface area contributed by atoms with Gasteiger partial charge in [0.2, 0.25) is 5.60 Å². The van der Waals surface area contributed by atoms with Gasteiger partial charge in [0, 0.05) is 44.8 Å². The molecule has 2 fully saturated rings. The third-order valence-corrected chi connectivity index (χ3v) is 7.30. The summed E-state index contributed by atoms with van der Waals surface area (Å²) in [5.41, 5.74) is -4.02. The van der Waals surface area contributed by atoms with Crippen LogP contribution in [0.25, 0.3) is 0 Å². The second kappa shape index (κ2) is 11.4. The van der Waals surface area contributed by atoms with Gasteiger partial charge in [0.1, 0.15) is 12.5 Å². The molecule has 1 aliphatic heterocycles. The van der Waals surface area contributed by atoms with Crippen molar-refractivity contribution in [2.75, 3.05) is 44.7 Å². The number of anilines is 1. The maximum absolute atomic E-state index is 14.6. The highest BCUT2D eigenvalue weighted by Crippen LogP contribution is 2.44. The quantitative estimate of drug-likeness (QED) is 0.421. The van der Waals surface area contributed by atoms with Gasteiger partial charge in [-0.2, -0.15) is 18.4 Å². The Kier molecular flexibility index (Phi) is 8.32. The average Bonchev–Trinajstić information content (AvgIpc) is 3.73. The SMILES string of the molecule is N#CC1(CNC(=O)Nc2ccc(C(=O)N3CCN(Cc4ccc(C(O)(CF)C(F)(F)F)cc4)CC3)cc2F)CC1. The van der Waals surface area contributed by atoms with Crippen molar-refractivity contribution in [3.8, 4) is 6.07 Å². The predicted octanol–water partition coefficient (Wildman–Crippen LogP) is 3.93. The highest BCUT2D eigenvalue weighted by Gasteiger charge is 2.55.